The summed E-state index contributed by atoms with van der Waals surface area (Å²) in [5.41, 5.74) is 6.83. The van der Waals surface area contributed by atoms with Crippen molar-refractivity contribution in [3.8, 4) is 5.69 Å². The van der Waals surface area contributed by atoms with Crippen molar-refractivity contribution in [3.05, 3.63) is 53.9 Å². The van der Waals surface area contributed by atoms with Crippen molar-refractivity contribution in [2.24, 2.45) is 11.7 Å². The number of carbonyl (C=O) groups excluding carboxylic acids is 3. The lowest BCUT2D eigenvalue weighted by molar-refractivity contribution is -0.124. The summed E-state index contributed by atoms with van der Waals surface area (Å²) in [6.07, 6.45) is 1.10. The molecule has 2 N–H and O–H groups in total. The first-order valence-electron chi connectivity index (χ1n) is 8.15. The molecule has 1 fully saturated rings. The van der Waals surface area contributed by atoms with E-state index in [1.54, 1.807) is 47.3 Å². The van der Waals surface area contributed by atoms with Crippen LogP contribution in [0.1, 0.15) is 28.9 Å². The highest BCUT2D eigenvalue weighted by Gasteiger charge is 2.47. The van der Waals surface area contributed by atoms with E-state index in [2.05, 4.69) is 4.74 Å². The molecule has 1 aromatic heterocycles. The van der Waals surface area contributed by atoms with Crippen LogP contribution in [0.25, 0.3) is 5.69 Å². The van der Waals surface area contributed by atoms with Gasteiger partial charge in [0, 0.05) is 18.1 Å². The summed E-state index contributed by atoms with van der Waals surface area (Å²) in [5, 5.41) is -0.0376. The average Bonchev–Trinajstić information content (AvgIpc) is 3.26. The highest BCUT2D eigenvalue weighted by atomic mass is 19.2. The highest BCUT2D eigenvalue weighted by Crippen LogP contribution is 2.37. The van der Waals surface area contributed by atoms with Gasteiger partial charge in [0.25, 0.3) is 0 Å². The van der Waals surface area contributed by atoms with Crippen LogP contribution >= 0.6 is 0 Å². The van der Waals surface area contributed by atoms with Crippen molar-refractivity contribution in [1.29, 1.82) is 0 Å². The Balaban J connectivity index is 1.87. The molecule has 1 saturated heterocycles. The van der Waals surface area contributed by atoms with E-state index in [9.17, 15) is 18.9 Å². The molecule has 2 heterocycles. The summed E-state index contributed by atoms with van der Waals surface area (Å²) < 4.78 is 25.6. The third kappa shape index (κ3) is 3.35. The molecule has 2 aromatic rings. The Morgan fingerprint density at radius 3 is 2.52 bits per heavy atom. The maximum atomic E-state index is 14.2. The van der Waals surface area contributed by atoms with E-state index in [0.717, 1.165) is 0 Å². The van der Waals surface area contributed by atoms with Crippen LogP contribution in [0.5, 0.6) is 0 Å². The van der Waals surface area contributed by atoms with Crippen molar-refractivity contribution >= 4 is 18.0 Å². The number of hydrogen-bond donors (Lipinski definition) is 1. The van der Waals surface area contributed by atoms with Crippen molar-refractivity contribution in [1.82, 2.24) is 9.69 Å². The summed E-state index contributed by atoms with van der Waals surface area (Å²) in [6, 6.07) is 7.15. The lowest BCUT2D eigenvalue weighted by Gasteiger charge is -2.22. The minimum atomic E-state index is -1.16. The number of esters is 1. The minimum absolute atomic E-state index is 0.0376. The topological polar surface area (TPSA) is 104 Å². The predicted molar refractivity (Wildman–Crippen MR) is 91.4 cm³/mol. The standard InChI is InChI=1S/C18H18FN3O5/c1-10(16(20)23)15-14(22(19)18(25)27-15)11-3-5-13(6-4-11)21-8-7-12(9-21)17(24)26-2/h3-10,14-15H,1-2H3,(H2,20,23). The molecule has 0 radical (unpaired) electrons. The SMILES string of the molecule is COC(=O)c1ccn(-c2ccc(C3C(C(C)C(N)=O)OC(=O)N3F)cc2)c1. The number of primary amides is 1. The largest absolute Gasteiger partial charge is 0.465 e. The maximum Gasteiger partial charge on any atom is 0.439 e. The van der Waals surface area contributed by atoms with Gasteiger partial charge in [0.15, 0.2) is 0 Å². The molecule has 0 bridgehead atoms. The molecule has 0 aliphatic carbocycles. The molecule has 142 valence electrons. The number of rotatable bonds is 5. The van der Waals surface area contributed by atoms with Gasteiger partial charge in [-0.1, -0.05) is 16.6 Å². The van der Waals surface area contributed by atoms with Crippen LogP contribution in [0.2, 0.25) is 0 Å². The van der Waals surface area contributed by atoms with E-state index in [1.807, 2.05) is 0 Å². The van der Waals surface area contributed by atoms with Crippen LogP contribution in [-0.2, 0) is 14.3 Å². The molecule has 3 atom stereocenters. The number of nitrogens with zero attached hydrogens (tertiary/aromatic N) is 2. The Morgan fingerprint density at radius 1 is 1.26 bits per heavy atom. The highest BCUT2D eigenvalue weighted by molar-refractivity contribution is 5.89. The second-order valence-corrected chi connectivity index (χ2v) is 6.19. The van der Waals surface area contributed by atoms with Gasteiger partial charge in [0.2, 0.25) is 5.91 Å². The summed E-state index contributed by atoms with van der Waals surface area (Å²) in [6.45, 7) is 1.48. The first-order chi connectivity index (χ1) is 12.8. The Bertz CT molecular complexity index is 879. The summed E-state index contributed by atoms with van der Waals surface area (Å²) >= 11 is 0. The van der Waals surface area contributed by atoms with E-state index in [4.69, 9.17) is 10.5 Å². The third-order valence-corrected chi connectivity index (χ3v) is 4.56. The summed E-state index contributed by atoms with van der Waals surface area (Å²) in [5.74, 6) is -2.00. The number of cyclic esters (lactones) is 1. The van der Waals surface area contributed by atoms with Gasteiger partial charge < -0.3 is 19.8 Å². The monoisotopic (exact) mass is 375 g/mol. The number of halogens is 1. The smallest absolute Gasteiger partial charge is 0.439 e. The molecule has 0 saturated carbocycles. The second-order valence-electron chi connectivity index (χ2n) is 6.19. The normalized spacial score (nSPS) is 20.3. The fourth-order valence-electron chi connectivity index (χ4n) is 2.97. The van der Waals surface area contributed by atoms with Crippen molar-refractivity contribution in [2.45, 2.75) is 19.1 Å². The predicted octanol–water partition coefficient (Wildman–Crippen LogP) is 2.13. The van der Waals surface area contributed by atoms with E-state index >= 15 is 0 Å². The van der Waals surface area contributed by atoms with Crippen LogP contribution in [0.4, 0.5) is 9.28 Å². The summed E-state index contributed by atoms with van der Waals surface area (Å²) in [7, 11) is 1.30. The Hall–Kier alpha value is -3.36. The molecule has 0 spiro atoms. The minimum Gasteiger partial charge on any atom is -0.465 e. The van der Waals surface area contributed by atoms with Gasteiger partial charge in [0.05, 0.1) is 18.6 Å². The third-order valence-electron chi connectivity index (χ3n) is 4.56. The zero-order valence-corrected chi connectivity index (χ0v) is 14.7. The zero-order valence-electron chi connectivity index (χ0n) is 14.7. The van der Waals surface area contributed by atoms with E-state index < -0.39 is 36.0 Å². The first-order valence-corrected chi connectivity index (χ1v) is 8.15. The van der Waals surface area contributed by atoms with Crippen LogP contribution in [-0.4, -0.2) is 40.9 Å². The molecular weight excluding hydrogens is 357 g/mol. The fraction of sp³-hybridized carbons (Fsp3) is 0.278. The number of hydrogen-bond acceptors (Lipinski definition) is 5. The molecule has 9 heteroatoms. The van der Waals surface area contributed by atoms with Gasteiger partial charge in [-0.15, -0.1) is 5.12 Å². The molecule has 3 rings (SSSR count). The quantitative estimate of drug-likeness (QED) is 0.637. The lowest BCUT2D eigenvalue weighted by Crippen LogP contribution is -2.35. The number of ether oxygens (including phenoxy) is 2. The Morgan fingerprint density at radius 2 is 1.93 bits per heavy atom. The molecule has 3 unspecified atom stereocenters. The molecule has 27 heavy (non-hydrogen) atoms. The van der Waals surface area contributed by atoms with Crippen LogP contribution in [0.15, 0.2) is 42.7 Å². The van der Waals surface area contributed by atoms with Gasteiger partial charge in [-0.3, -0.25) is 4.79 Å². The molecule has 8 nitrogen and oxygen atoms in total. The van der Waals surface area contributed by atoms with E-state index in [1.165, 1.54) is 14.0 Å². The fourth-order valence-corrected chi connectivity index (χ4v) is 2.97. The van der Waals surface area contributed by atoms with Gasteiger partial charge in [-0.25, -0.2) is 9.59 Å². The first kappa shape index (κ1) is 18.4. The van der Waals surface area contributed by atoms with E-state index in [0.29, 0.717) is 16.8 Å². The molecule has 2 amide bonds. The van der Waals surface area contributed by atoms with Crippen LogP contribution in [0.3, 0.4) is 0 Å². The molecule has 1 aliphatic heterocycles. The van der Waals surface area contributed by atoms with Crippen LogP contribution < -0.4 is 5.73 Å². The zero-order chi connectivity index (χ0) is 19.7. The number of nitrogens with two attached hydrogens (primary N) is 1. The van der Waals surface area contributed by atoms with Gasteiger partial charge >= 0.3 is 12.1 Å². The van der Waals surface area contributed by atoms with Crippen molar-refractivity contribution < 1.29 is 28.3 Å². The van der Waals surface area contributed by atoms with Crippen LogP contribution in [0, 0.1) is 5.92 Å². The summed E-state index contributed by atoms with van der Waals surface area (Å²) in [4.78, 5) is 34.6. The molecule has 1 aliphatic rings. The van der Waals surface area contributed by atoms with Crippen molar-refractivity contribution in [2.75, 3.05) is 7.11 Å². The second kappa shape index (κ2) is 7.10. The Labute approximate surface area is 154 Å². The van der Waals surface area contributed by atoms with Gasteiger partial charge in [-0.2, -0.15) is 0 Å². The average molecular weight is 375 g/mol. The Kier molecular flexibility index (Phi) is 4.85. The van der Waals surface area contributed by atoms with Crippen molar-refractivity contribution in [3.63, 3.8) is 0 Å². The number of aromatic nitrogens is 1. The van der Waals surface area contributed by atoms with E-state index in [-0.39, 0.29) is 5.12 Å². The van der Waals surface area contributed by atoms with Gasteiger partial charge in [0.1, 0.15) is 12.1 Å². The number of benzene rings is 1. The van der Waals surface area contributed by atoms with Gasteiger partial charge in [-0.05, 0) is 30.7 Å². The number of carbonyl (C=O) groups is 3. The molecular formula is C18H18FN3O5. The molecule has 1 aromatic carbocycles. The lowest BCUT2D eigenvalue weighted by atomic mass is 9.92. The number of methoxy groups -OCH3 is 1. The number of amides is 2. The maximum absolute atomic E-state index is 14.2.